The Morgan fingerprint density at radius 3 is 1.90 bits per heavy atom. The zero-order valence-corrected chi connectivity index (χ0v) is 14.7. The molecule has 1 aliphatic carbocycles. The van der Waals surface area contributed by atoms with Crippen LogP contribution in [0.1, 0.15) is 73.6 Å². The molecule has 0 saturated carbocycles. The fourth-order valence-corrected chi connectivity index (χ4v) is 3.17. The average molecular weight is 277 g/mol. The Labute approximate surface area is 127 Å². The van der Waals surface area contributed by atoms with Crippen molar-refractivity contribution in [1.29, 1.82) is 0 Å². The standard InChI is InChI=1S/C19H35N/c1-7-9-12-20(13-10-8-2)14-11-19(6)15-16(3)17(4)18(19)5/h15H,7-14H2,1-6H3. The van der Waals surface area contributed by atoms with Crippen LogP contribution in [0.3, 0.4) is 0 Å². The van der Waals surface area contributed by atoms with Gasteiger partial charge >= 0.3 is 0 Å². The monoisotopic (exact) mass is 277 g/mol. The van der Waals surface area contributed by atoms with E-state index in [9.17, 15) is 0 Å². The number of allylic oxidation sites excluding steroid dienone is 4. The summed E-state index contributed by atoms with van der Waals surface area (Å²) in [5.41, 5.74) is 4.88. The third-order valence-electron chi connectivity index (χ3n) is 5.15. The summed E-state index contributed by atoms with van der Waals surface area (Å²) in [5, 5.41) is 0. The quantitative estimate of drug-likeness (QED) is 0.531. The molecule has 20 heavy (non-hydrogen) atoms. The molecule has 1 aliphatic rings. The van der Waals surface area contributed by atoms with Crippen molar-refractivity contribution in [3.8, 4) is 0 Å². The van der Waals surface area contributed by atoms with Gasteiger partial charge in [-0.25, -0.2) is 0 Å². The minimum absolute atomic E-state index is 0.296. The third-order valence-corrected chi connectivity index (χ3v) is 5.15. The molecule has 0 fully saturated rings. The predicted molar refractivity (Wildman–Crippen MR) is 91.1 cm³/mol. The molecular formula is C19H35N. The van der Waals surface area contributed by atoms with Crippen LogP contribution >= 0.6 is 0 Å². The van der Waals surface area contributed by atoms with Crippen LogP contribution in [0, 0.1) is 5.41 Å². The lowest BCUT2D eigenvalue weighted by atomic mass is 9.81. The SMILES string of the molecule is CCCCN(CCCC)CCC1(C)C=C(C)C(C)=C1C. The second-order valence-electron chi connectivity index (χ2n) is 6.79. The van der Waals surface area contributed by atoms with Crippen molar-refractivity contribution in [2.75, 3.05) is 19.6 Å². The van der Waals surface area contributed by atoms with Crippen LogP contribution in [-0.2, 0) is 0 Å². The van der Waals surface area contributed by atoms with Crippen LogP contribution in [-0.4, -0.2) is 24.5 Å². The highest BCUT2D eigenvalue weighted by atomic mass is 15.1. The summed E-state index contributed by atoms with van der Waals surface area (Å²) in [6.45, 7) is 17.6. The maximum Gasteiger partial charge on any atom is 0.00834 e. The summed E-state index contributed by atoms with van der Waals surface area (Å²) in [5.74, 6) is 0. The van der Waals surface area contributed by atoms with E-state index < -0.39 is 0 Å². The Morgan fingerprint density at radius 1 is 0.950 bits per heavy atom. The maximum absolute atomic E-state index is 2.68. The van der Waals surface area contributed by atoms with Crippen LogP contribution in [0.25, 0.3) is 0 Å². The van der Waals surface area contributed by atoms with E-state index in [1.54, 1.807) is 5.57 Å². The summed E-state index contributed by atoms with van der Waals surface area (Å²) in [6, 6.07) is 0. The summed E-state index contributed by atoms with van der Waals surface area (Å²) in [4.78, 5) is 2.68. The first kappa shape index (κ1) is 17.5. The van der Waals surface area contributed by atoms with Crippen LogP contribution in [0.15, 0.2) is 22.8 Å². The molecule has 0 saturated heterocycles. The molecule has 1 heteroatoms. The lowest BCUT2D eigenvalue weighted by Crippen LogP contribution is -2.30. The molecule has 0 aliphatic heterocycles. The molecule has 0 radical (unpaired) electrons. The molecule has 0 aromatic heterocycles. The molecule has 0 bridgehead atoms. The topological polar surface area (TPSA) is 3.24 Å². The van der Waals surface area contributed by atoms with Gasteiger partial charge in [-0.15, -0.1) is 0 Å². The molecule has 0 spiro atoms. The third kappa shape index (κ3) is 4.48. The molecule has 1 rings (SSSR count). The first-order valence-electron chi connectivity index (χ1n) is 8.54. The average Bonchev–Trinajstić information content (AvgIpc) is 2.62. The summed E-state index contributed by atoms with van der Waals surface area (Å²) >= 11 is 0. The van der Waals surface area contributed by atoms with E-state index in [-0.39, 0.29) is 0 Å². The van der Waals surface area contributed by atoms with Crippen molar-refractivity contribution in [1.82, 2.24) is 4.90 Å². The van der Waals surface area contributed by atoms with Gasteiger partial charge in [0.05, 0.1) is 0 Å². The Balaban J connectivity index is 2.58. The van der Waals surface area contributed by atoms with Crippen LogP contribution in [0.5, 0.6) is 0 Å². The number of hydrogen-bond acceptors (Lipinski definition) is 1. The van der Waals surface area contributed by atoms with Gasteiger partial charge in [0.15, 0.2) is 0 Å². The van der Waals surface area contributed by atoms with E-state index in [0.29, 0.717) is 5.41 Å². The first-order valence-corrected chi connectivity index (χ1v) is 8.54. The van der Waals surface area contributed by atoms with Crippen LogP contribution < -0.4 is 0 Å². The normalized spacial score (nSPS) is 22.9. The Kier molecular flexibility index (Phi) is 7.02. The Morgan fingerprint density at radius 2 is 1.50 bits per heavy atom. The van der Waals surface area contributed by atoms with Gasteiger partial charge < -0.3 is 4.90 Å². The number of unbranched alkanes of at least 4 members (excludes halogenated alkanes) is 2. The second kappa shape index (κ2) is 8.02. The molecule has 0 N–H and O–H groups in total. The predicted octanol–water partition coefficient (Wildman–Crippen LogP) is 5.58. The smallest absolute Gasteiger partial charge is 0.00834 e. The van der Waals surface area contributed by atoms with Gasteiger partial charge in [0.25, 0.3) is 0 Å². The highest BCUT2D eigenvalue weighted by Crippen LogP contribution is 2.43. The minimum Gasteiger partial charge on any atom is -0.303 e. The number of hydrogen-bond donors (Lipinski definition) is 0. The molecule has 0 amide bonds. The van der Waals surface area contributed by atoms with Gasteiger partial charge in [0, 0.05) is 5.41 Å². The molecule has 116 valence electrons. The van der Waals surface area contributed by atoms with Crippen LogP contribution in [0.2, 0.25) is 0 Å². The fraction of sp³-hybridized carbons (Fsp3) is 0.789. The van der Waals surface area contributed by atoms with Gasteiger partial charge in [-0.1, -0.05) is 50.8 Å². The van der Waals surface area contributed by atoms with E-state index in [1.807, 2.05) is 0 Å². The molecule has 1 nitrogen and oxygen atoms in total. The molecule has 1 atom stereocenters. The van der Waals surface area contributed by atoms with E-state index in [0.717, 1.165) is 0 Å². The van der Waals surface area contributed by atoms with E-state index in [2.05, 4.69) is 52.5 Å². The van der Waals surface area contributed by atoms with Gasteiger partial charge in [-0.05, 0) is 65.2 Å². The second-order valence-corrected chi connectivity index (χ2v) is 6.79. The van der Waals surface area contributed by atoms with Gasteiger partial charge in [0.2, 0.25) is 0 Å². The molecular weight excluding hydrogens is 242 g/mol. The fourth-order valence-electron chi connectivity index (χ4n) is 3.17. The van der Waals surface area contributed by atoms with Crippen LogP contribution in [0.4, 0.5) is 0 Å². The van der Waals surface area contributed by atoms with E-state index in [4.69, 9.17) is 0 Å². The lowest BCUT2D eigenvalue weighted by molar-refractivity contribution is 0.238. The van der Waals surface area contributed by atoms with Crippen molar-refractivity contribution in [3.63, 3.8) is 0 Å². The van der Waals surface area contributed by atoms with E-state index in [1.165, 1.54) is 62.9 Å². The van der Waals surface area contributed by atoms with Crippen molar-refractivity contribution < 1.29 is 0 Å². The summed E-state index contributed by atoms with van der Waals surface area (Å²) in [6.07, 6.45) is 9.04. The van der Waals surface area contributed by atoms with Crippen molar-refractivity contribution in [3.05, 3.63) is 22.8 Å². The lowest BCUT2D eigenvalue weighted by Gasteiger charge is -2.30. The van der Waals surface area contributed by atoms with E-state index >= 15 is 0 Å². The minimum atomic E-state index is 0.296. The maximum atomic E-state index is 2.68. The van der Waals surface area contributed by atoms with Crippen molar-refractivity contribution in [2.24, 2.45) is 5.41 Å². The summed E-state index contributed by atoms with van der Waals surface area (Å²) < 4.78 is 0. The Hall–Kier alpha value is -0.560. The van der Waals surface area contributed by atoms with Gasteiger partial charge in [-0.2, -0.15) is 0 Å². The van der Waals surface area contributed by atoms with Gasteiger partial charge in [0.1, 0.15) is 0 Å². The molecule has 1 unspecified atom stereocenters. The molecule has 0 aromatic carbocycles. The highest BCUT2D eigenvalue weighted by Gasteiger charge is 2.30. The zero-order chi connectivity index (χ0) is 15.2. The highest BCUT2D eigenvalue weighted by molar-refractivity contribution is 5.44. The van der Waals surface area contributed by atoms with Crippen molar-refractivity contribution in [2.45, 2.75) is 73.6 Å². The zero-order valence-electron chi connectivity index (χ0n) is 14.7. The molecule has 0 heterocycles. The van der Waals surface area contributed by atoms with Gasteiger partial charge in [-0.3, -0.25) is 0 Å². The first-order chi connectivity index (χ1) is 9.44. The Bertz CT molecular complexity index is 356. The largest absolute Gasteiger partial charge is 0.303 e. The van der Waals surface area contributed by atoms with Crippen molar-refractivity contribution >= 4 is 0 Å². The summed E-state index contributed by atoms with van der Waals surface area (Å²) in [7, 11) is 0. The number of nitrogens with zero attached hydrogens (tertiary/aromatic N) is 1. The molecule has 0 aromatic rings. The number of rotatable bonds is 9.